The molecule has 100 valence electrons. The molecular weight excluding hydrogens is 216 g/mol. The number of carbonyl (C=O) groups excluding carboxylic acids is 1. The standard InChI is InChI=1S/C12H26N4O/c1-9(2)8-15-10(17)6-7-14-11(13)16-12(3,4)5/h9H,6-8H2,1-5H3,(H,15,17)(H3,13,14,16). The van der Waals surface area contributed by atoms with Crippen LogP contribution in [0.5, 0.6) is 0 Å². The molecule has 0 unspecified atom stereocenters. The van der Waals surface area contributed by atoms with Crippen LogP contribution in [0.4, 0.5) is 0 Å². The Hall–Kier alpha value is -1.26. The van der Waals surface area contributed by atoms with Gasteiger partial charge in [-0.05, 0) is 26.7 Å². The van der Waals surface area contributed by atoms with Crippen molar-refractivity contribution in [1.82, 2.24) is 10.6 Å². The highest BCUT2D eigenvalue weighted by Crippen LogP contribution is 1.97. The zero-order chi connectivity index (χ0) is 13.5. The van der Waals surface area contributed by atoms with Gasteiger partial charge in [-0.15, -0.1) is 0 Å². The van der Waals surface area contributed by atoms with Crippen LogP contribution in [0.1, 0.15) is 41.0 Å². The van der Waals surface area contributed by atoms with E-state index in [9.17, 15) is 4.79 Å². The minimum atomic E-state index is -0.104. The van der Waals surface area contributed by atoms with Crippen LogP contribution in [-0.4, -0.2) is 30.5 Å². The molecule has 0 atom stereocenters. The first-order chi connectivity index (χ1) is 7.70. The number of hydrogen-bond acceptors (Lipinski definition) is 2. The van der Waals surface area contributed by atoms with Gasteiger partial charge in [0.25, 0.3) is 0 Å². The third kappa shape index (κ3) is 11.0. The molecule has 5 nitrogen and oxygen atoms in total. The molecule has 0 radical (unpaired) electrons. The first-order valence-electron chi connectivity index (χ1n) is 6.05. The molecule has 0 saturated carbocycles. The van der Waals surface area contributed by atoms with E-state index in [1.54, 1.807) is 0 Å². The lowest BCUT2D eigenvalue weighted by molar-refractivity contribution is -0.121. The molecule has 0 aliphatic rings. The molecule has 1 amide bonds. The number of nitrogens with zero attached hydrogens (tertiary/aromatic N) is 1. The van der Waals surface area contributed by atoms with E-state index in [0.717, 1.165) is 0 Å². The number of rotatable bonds is 5. The number of hydrogen-bond donors (Lipinski definition) is 3. The van der Waals surface area contributed by atoms with E-state index in [-0.39, 0.29) is 11.4 Å². The van der Waals surface area contributed by atoms with E-state index < -0.39 is 0 Å². The zero-order valence-electron chi connectivity index (χ0n) is 11.6. The van der Waals surface area contributed by atoms with E-state index in [1.807, 2.05) is 20.8 Å². The van der Waals surface area contributed by atoms with Crippen molar-refractivity contribution < 1.29 is 4.79 Å². The summed E-state index contributed by atoms with van der Waals surface area (Å²) < 4.78 is 0. The Labute approximate surface area is 104 Å². The van der Waals surface area contributed by atoms with Crippen molar-refractivity contribution in [1.29, 1.82) is 0 Å². The van der Waals surface area contributed by atoms with E-state index in [2.05, 4.69) is 29.5 Å². The van der Waals surface area contributed by atoms with Crippen LogP contribution >= 0.6 is 0 Å². The van der Waals surface area contributed by atoms with E-state index in [4.69, 9.17) is 5.73 Å². The van der Waals surface area contributed by atoms with E-state index >= 15 is 0 Å². The summed E-state index contributed by atoms with van der Waals surface area (Å²) in [6, 6.07) is 0. The minimum Gasteiger partial charge on any atom is -0.370 e. The summed E-state index contributed by atoms with van der Waals surface area (Å²) in [5, 5.41) is 5.87. The molecule has 5 heteroatoms. The Morgan fingerprint density at radius 1 is 1.35 bits per heavy atom. The fraction of sp³-hybridized carbons (Fsp3) is 0.833. The molecular formula is C12H26N4O. The topological polar surface area (TPSA) is 79.5 Å². The zero-order valence-corrected chi connectivity index (χ0v) is 11.6. The average molecular weight is 242 g/mol. The van der Waals surface area contributed by atoms with Crippen molar-refractivity contribution in [3.05, 3.63) is 0 Å². The van der Waals surface area contributed by atoms with Crippen molar-refractivity contribution in [3.8, 4) is 0 Å². The highest BCUT2D eigenvalue weighted by Gasteiger charge is 2.09. The van der Waals surface area contributed by atoms with Gasteiger partial charge in [-0.2, -0.15) is 0 Å². The maximum absolute atomic E-state index is 11.4. The summed E-state index contributed by atoms with van der Waals surface area (Å²) in [6.45, 7) is 11.3. The monoisotopic (exact) mass is 242 g/mol. The van der Waals surface area contributed by atoms with Gasteiger partial charge < -0.3 is 16.4 Å². The number of carbonyl (C=O) groups is 1. The maximum Gasteiger partial charge on any atom is 0.221 e. The molecule has 0 aromatic heterocycles. The normalized spacial score (nSPS) is 12.7. The molecule has 0 aromatic rings. The van der Waals surface area contributed by atoms with Gasteiger partial charge in [-0.3, -0.25) is 9.79 Å². The summed E-state index contributed by atoms with van der Waals surface area (Å²) in [5.74, 6) is 0.871. The number of amides is 1. The van der Waals surface area contributed by atoms with Crippen LogP contribution < -0.4 is 16.4 Å². The molecule has 0 heterocycles. The molecule has 0 aromatic carbocycles. The lowest BCUT2D eigenvalue weighted by Crippen LogP contribution is -2.45. The number of nitrogens with one attached hydrogen (secondary N) is 2. The van der Waals surface area contributed by atoms with Gasteiger partial charge in [0.15, 0.2) is 5.96 Å². The fourth-order valence-electron chi connectivity index (χ4n) is 1.11. The van der Waals surface area contributed by atoms with Gasteiger partial charge >= 0.3 is 0 Å². The Balaban J connectivity index is 3.81. The van der Waals surface area contributed by atoms with Gasteiger partial charge in [0.1, 0.15) is 0 Å². The summed E-state index contributed by atoms with van der Waals surface area (Å²) in [5.41, 5.74) is 5.57. The van der Waals surface area contributed by atoms with Crippen LogP contribution in [0.25, 0.3) is 0 Å². The predicted octanol–water partition coefficient (Wildman–Crippen LogP) is 0.852. The predicted molar refractivity (Wildman–Crippen MR) is 71.8 cm³/mol. The lowest BCUT2D eigenvalue weighted by atomic mass is 10.1. The third-order valence-electron chi connectivity index (χ3n) is 1.83. The van der Waals surface area contributed by atoms with Crippen molar-refractivity contribution in [2.45, 2.75) is 46.6 Å². The Morgan fingerprint density at radius 2 is 1.94 bits per heavy atom. The van der Waals surface area contributed by atoms with Crippen LogP contribution in [-0.2, 0) is 4.79 Å². The van der Waals surface area contributed by atoms with Crippen molar-refractivity contribution in [2.24, 2.45) is 16.6 Å². The molecule has 0 spiro atoms. The quantitative estimate of drug-likeness (QED) is 0.494. The molecule has 0 rings (SSSR count). The van der Waals surface area contributed by atoms with E-state index in [1.165, 1.54) is 0 Å². The van der Waals surface area contributed by atoms with Crippen LogP contribution in [0.2, 0.25) is 0 Å². The van der Waals surface area contributed by atoms with E-state index in [0.29, 0.717) is 31.4 Å². The molecule has 0 aliphatic carbocycles. The largest absolute Gasteiger partial charge is 0.370 e. The highest BCUT2D eigenvalue weighted by atomic mass is 16.1. The van der Waals surface area contributed by atoms with Crippen LogP contribution in [0.15, 0.2) is 4.99 Å². The number of aliphatic imine (C=N–C) groups is 1. The summed E-state index contributed by atoms with van der Waals surface area (Å²) in [7, 11) is 0. The first-order valence-corrected chi connectivity index (χ1v) is 6.05. The molecule has 0 fully saturated rings. The second-order valence-corrected chi connectivity index (χ2v) is 5.59. The molecule has 0 aliphatic heterocycles. The summed E-state index contributed by atoms with van der Waals surface area (Å²) in [6.07, 6.45) is 0.374. The Morgan fingerprint density at radius 3 is 2.41 bits per heavy atom. The number of nitrogens with two attached hydrogens (primary N) is 1. The van der Waals surface area contributed by atoms with Gasteiger partial charge in [0.05, 0.1) is 6.54 Å². The number of guanidine groups is 1. The van der Waals surface area contributed by atoms with Crippen LogP contribution in [0.3, 0.4) is 0 Å². The first kappa shape index (κ1) is 15.7. The molecule has 17 heavy (non-hydrogen) atoms. The van der Waals surface area contributed by atoms with Gasteiger partial charge in [0.2, 0.25) is 5.91 Å². The Bertz CT molecular complexity index is 266. The summed E-state index contributed by atoms with van der Waals surface area (Å²) in [4.78, 5) is 15.5. The molecule has 0 bridgehead atoms. The fourth-order valence-corrected chi connectivity index (χ4v) is 1.11. The van der Waals surface area contributed by atoms with Crippen molar-refractivity contribution >= 4 is 11.9 Å². The third-order valence-corrected chi connectivity index (χ3v) is 1.83. The molecule has 4 N–H and O–H groups in total. The maximum atomic E-state index is 11.4. The lowest BCUT2D eigenvalue weighted by Gasteiger charge is -2.20. The average Bonchev–Trinajstić information content (AvgIpc) is 2.11. The smallest absolute Gasteiger partial charge is 0.221 e. The van der Waals surface area contributed by atoms with Gasteiger partial charge in [-0.25, -0.2) is 0 Å². The summed E-state index contributed by atoms with van der Waals surface area (Å²) >= 11 is 0. The second kappa shape index (κ2) is 7.14. The SMILES string of the molecule is CC(C)CNC(=O)CCN=C(N)NC(C)(C)C. The molecule has 0 saturated heterocycles. The van der Waals surface area contributed by atoms with Crippen molar-refractivity contribution in [3.63, 3.8) is 0 Å². The van der Waals surface area contributed by atoms with Gasteiger partial charge in [0, 0.05) is 18.5 Å². The van der Waals surface area contributed by atoms with Gasteiger partial charge in [-0.1, -0.05) is 13.8 Å². The Kier molecular flexibility index (Phi) is 6.61. The minimum absolute atomic E-state index is 0.0195. The van der Waals surface area contributed by atoms with Crippen LogP contribution in [0, 0.1) is 5.92 Å². The second-order valence-electron chi connectivity index (χ2n) is 5.59. The van der Waals surface area contributed by atoms with Crippen molar-refractivity contribution in [2.75, 3.05) is 13.1 Å². The highest BCUT2D eigenvalue weighted by molar-refractivity contribution is 5.79.